The van der Waals surface area contributed by atoms with Crippen LogP contribution < -0.4 is 5.32 Å². The normalized spacial score (nSPS) is 10.0. The van der Waals surface area contributed by atoms with Crippen molar-refractivity contribution in [2.24, 2.45) is 0 Å². The van der Waals surface area contributed by atoms with Crippen LogP contribution in [0.1, 0.15) is 40.5 Å². The Kier molecular flexibility index (Phi) is 6.25. The average molecular weight is 325 g/mol. The van der Waals surface area contributed by atoms with Crippen molar-refractivity contribution in [3.63, 3.8) is 0 Å². The molecule has 2 rings (SSSR count). The van der Waals surface area contributed by atoms with Crippen LogP contribution in [0.2, 0.25) is 0 Å². The summed E-state index contributed by atoms with van der Waals surface area (Å²) in [6, 6.07) is 15.0. The molecule has 24 heavy (non-hydrogen) atoms. The number of rotatable bonds is 7. The summed E-state index contributed by atoms with van der Waals surface area (Å²) in [4.78, 5) is 35.4. The van der Waals surface area contributed by atoms with E-state index in [4.69, 9.17) is 4.74 Å². The van der Waals surface area contributed by atoms with Crippen LogP contribution in [0.25, 0.3) is 0 Å². The maximum absolute atomic E-state index is 12.1. The third kappa shape index (κ3) is 5.05. The second-order valence-electron chi connectivity index (χ2n) is 5.24. The predicted molar refractivity (Wildman–Crippen MR) is 91.0 cm³/mol. The van der Waals surface area contributed by atoms with E-state index < -0.39 is 5.97 Å². The van der Waals surface area contributed by atoms with E-state index in [1.807, 2.05) is 6.92 Å². The van der Waals surface area contributed by atoms with Gasteiger partial charge in [0.15, 0.2) is 12.4 Å². The number of hydrogen-bond acceptors (Lipinski definition) is 4. The van der Waals surface area contributed by atoms with Gasteiger partial charge in [-0.1, -0.05) is 25.1 Å². The fraction of sp³-hybridized carbons (Fsp3) is 0.211. The first kappa shape index (κ1) is 17.4. The van der Waals surface area contributed by atoms with E-state index in [1.54, 1.807) is 54.6 Å². The van der Waals surface area contributed by atoms with Gasteiger partial charge in [-0.05, 0) is 42.8 Å². The van der Waals surface area contributed by atoms with Crippen molar-refractivity contribution in [3.05, 3.63) is 65.7 Å². The van der Waals surface area contributed by atoms with Crippen LogP contribution in [0.15, 0.2) is 54.6 Å². The van der Waals surface area contributed by atoms with Gasteiger partial charge in [-0.2, -0.15) is 0 Å². The van der Waals surface area contributed by atoms with Crippen molar-refractivity contribution in [2.45, 2.75) is 19.8 Å². The van der Waals surface area contributed by atoms with Crippen LogP contribution in [0, 0.1) is 0 Å². The topological polar surface area (TPSA) is 72.5 Å². The van der Waals surface area contributed by atoms with Crippen LogP contribution in [0.4, 0.5) is 5.69 Å². The van der Waals surface area contributed by atoms with E-state index in [0.29, 0.717) is 23.2 Å². The van der Waals surface area contributed by atoms with Crippen molar-refractivity contribution in [3.8, 4) is 0 Å². The Morgan fingerprint density at radius 2 is 1.58 bits per heavy atom. The number of anilines is 1. The lowest BCUT2D eigenvalue weighted by Crippen LogP contribution is -2.14. The highest BCUT2D eigenvalue weighted by atomic mass is 16.5. The molecule has 0 aliphatic rings. The molecule has 0 spiro atoms. The molecule has 5 heteroatoms. The van der Waals surface area contributed by atoms with Gasteiger partial charge in [0.05, 0.1) is 5.56 Å². The molecule has 5 nitrogen and oxygen atoms in total. The van der Waals surface area contributed by atoms with Crippen molar-refractivity contribution >= 4 is 23.3 Å². The Labute approximate surface area is 140 Å². The number of ketones is 1. The lowest BCUT2D eigenvalue weighted by Gasteiger charge is -2.07. The van der Waals surface area contributed by atoms with Crippen LogP contribution in [0.3, 0.4) is 0 Å². The standard InChI is InChI=1S/C19H19NO4/c1-2-6-18(22)20-16-11-9-14(10-12-16)17(21)13-24-19(23)15-7-4-3-5-8-15/h3-5,7-12H,2,6,13H2,1H3,(H,20,22). The molecular formula is C19H19NO4. The third-order valence-electron chi connectivity index (χ3n) is 3.31. The SMILES string of the molecule is CCCC(=O)Nc1ccc(C(=O)COC(=O)c2ccccc2)cc1. The van der Waals surface area contributed by atoms with Gasteiger partial charge in [0.2, 0.25) is 5.91 Å². The van der Waals surface area contributed by atoms with Crippen molar-refractivity contribution in [1.29, 1.82) is 0 Å². The zero-order valence-electron chi connectivity index (χ0n) is 13.5. The predicted octanol–water partition coefficient (Wildman–Crippen LogP) is 3.46. The number of hydrogen-bond donors (Lipinski definition) is 1. The van der Waals surface area contributed by atoms with Crippen LogP contribution in [-0.4, -0.2) is 24.3 Å². The van der Waals surface area contributed by atoms with E-state index in [1.165, 1.54) is 0 Å². The monoisotopic (exact) mass is 325 g/mol. The highest BCUT2D eigenvalue weighted by molar-refractivity contribution is 6.00. The first-order valence-electron chi connectivity index (χ1n) is 7.75. The van der Waals surface area contributed by atoms with Gasteiger partial charge in [0.1, 0.15) is 0 Å². The molecule has 0 saturated heterocycles. The molecule has 1 amide bonds. The molecule has 0 radical (unpaired) electrons. The first-order chi connectivity index (χ1) is 11.6. The number of benzene rings is 2. The molecule has 0 atom stereocenters. The molecule has 0 bridgehead atoms. The second kappa shape index (κ2) is 8.62. The Hall–Kier alpha value is -2.95. The van der Waals surface area contributed by atoms with E-state index in [2.05, 4.69) is 5.32 Å². The maximum Gasteiger partial charge on any atom is 0.338 e. The van der Waals surface area contributed by atoms with Crippen LogP contribution in [-0.2, 0) is 9.53 Å². The molecule has 0 fully saturated rings. The second-order valence-corrected chi connectivity index (χ2v) is 5.24. The Morgan fingerprint density at radius 3 is 2.21 bits per heavy atom. The first-order valence-corrected chi connectivity index (χ1v) is 7.75. The van der Waals surface area contributed by atoms with E-state index >= 15 is 0 Å². The van der Waals surface area contributed by atoms with Crippen LogP contribution in [0.5, 0.6) is 0 Å². The number of amides is 1. The summed E-state index contributed by atoms with van der Waals surface area (Å²) in [6.45, 7) is 1.60. The third-order valence-corrected chi connectivity index (χ3v) is 3.31. The number of esters is 1. The van der Waals surface area contributed by atoms with Gasteiger partial charge in [0.25, 0.3) is 0 Å². The van der Waals surface area contributed by atoms with Crippen molar-refractivity contribution < 1.29 is 19.1 Å². The molecule has 124 valence electrons. The summed E-state index contributed by atoms with van der Waals surface area (Å²) >= 11 is 0. The van der Waals surface area contributed by atoms with Gasteiger partial charge >= 0.3 is 5.97 Å². The Balaban J connectivity index is 1.88. The van der Waals surface area contributed by atoms with Gasteiger partial charge in [0, 0.05) is 17.7 Å². The number of nitrogens with one attached hydrogen (secondary N) is 1. The minimum Gasteiger partial charge on any atom is -0.454 e. The largest absolute Gasteiger partial charge is 0.454 e. The molecule has 2 aromatic rings. The quantitative estimate of drug-likeness (QED) is 0.625. The van der Waals surface area contributed by atoms with E-state index in [9.17, 15) is 14.4 Å². The van der Waals surface area contributed by atoms with E-state index in [-0.39, 0.29) is 18.3 Å². The number of ether oxygens (including phenoxy) is 1. The van der Waals surface area contributed by atoms with Crippen molar-refractivity contribution in [2.75, 3.05) is 11.9 Å². The minimum absolute atomic E-state index is 0.0617. The smallest absolute Gasteiger partial charge is 0.338 e. The minimum atomic E-state index is -0.535. The van der Waals surface area contributed by atoms with Crippen LogP contribution >= 0.6 is 0 Å². The van der Waals surface area contributed by atoms with Gasteiger partial charge in [-0.3, -0.25) is 9.59 Å². The molecule has 0 saturated carbocycles. The Bertz CT molecular complexity index is 708. The highest BCUT2D eigenvalue weighted by Crippen LogP contribution is 2.11. The summed E-state index contributed by atoms with van der Waals surface area (Å²) in [5.41, 5.74) is 1.45. The van der Waals surface area contributed by atoms with Crippen molar-refractivity contribution in [1.82, 2.24) is 0 Å². The average Bonchev–Trinajstić information content (AvgIpc) is 2.61. The zero-order chi connectivity index (χ0) is 17.4. The summed E-state index contributed by atoms with van der Waals surface area (Å²) in [5, 5.41) is 2.75. The maximum atomic E-state index is 12.1. The van der Waals surface area contributed by atoms with E-state index in [0.717, 1.165) is 6.42 Å². The zero-order valence-corrected chi connectivity index (χ0v) is 13.5. The lowest BCUT2D eigenvalue weighted by molar-refractivity contribution is -0.116. The van der Waals surface area contributed by atoms with Gasteiger partial charge < -0.3 is 10.1 Å². The Morgan fingerprint density at radius 1 is 0.917 bits per heavy atom. The molecule has 1 N–H and O–H groups in total. The summed E-state index contributed by atoms with van der Waals surface area (Å²) < 4.78 is 5.01. The molecular weight excluding hydrogens is 306 g/mol. The molecule has 0 aliphatic carbocycles. The fourth-order valence-electron chi connectivity index (χ4n) is 2.06. The number of carbonyl (C=O) groups excluding carboxylic acids is 3. The van der Waals surface area contributed by atoms with Gasteiger partial charge in [-0.15, -0.1) is 0 Å². The van der Waals surface area contributed by atoms with Gasteiger partial charge in [-0.25, -0.2) is 4.79 Å². The fourth-order valence-corrected chi connectivity index (χ4v) is 2.06. The molecule has 0 aliphatic heterocycles. The highest BCUT2D eigenvalue weighted by Gasteiger charge is 2.11. The molecule has 2 aromatic carbocycles. The summed E-state index contributed by atoms with van der Waals surface area (Å²) in [5.74, 6) is -0.897. The summed E-state index contributed by atoms with van der Waals surface area (Å²) in [6.07, 6.45) is 1.23. The number of carbonyl (C=O) groups is 3. The molecule has 0 heterocycles. The molecule has 0 unspecified atom stereocenters. The molecule has 0 aromatic heterocycles. The number of Topliss-reactive ketones (excluding diaryl/α,β-unsaturated/α-hetero) is 1. The summed E-state index contributed by atoms with van der Waals surface area (Å²) in [7, 11) is 0. The lowest BCUT2D eigenvalue weighted by atomic mass is 10.1.